The highest BCUT2D eigenvalue weighted by molar-refractivity contribution is 7.88. The Morgan fingerprint density at radius 2 is 1.61 bits per heavy atom. The molecule has 2 fully saturated rings. The maximum Gasteiger partial charge on any atom is 0.234 e. The van der Waals surface area contributed by atoms with Crippen LogP contribution in [0.2, 0.25) is 0 Å². The zero-order chi connectivity index (χ0) is 16.7. The van der Waals surface area contributed by atoms with E-state index in [1.807, 2.05) is 0 Å². The van der Waals surface area contributed by atoms with E-state index in [-0.39, 0.29) is 5.91 Å². The summed E-state index contributed by atoms with van der Waals surface area (Å²) >= 11 is 0. The molecule has 0 aromatic rings. The first-order valence-electron chi connectivity index (χ1n) is 8.92. The van der Waals surface area contributed by atoms with Crippen LogP contribution in [0, 0.1) is 0 Å². The van der Waals surface area contributed by atoms with Crippen LogP contribution in [0.1, 0.15) is 51.4 Å². The van der Waals surface area contributed by atoms with Gasteiger partial charge < -0.3 is 5.32 Å². The molecule has 0 unspecified atom stereocenters. The molecule has 2 rings (SSSR count). The molecule has 23 heavy (non-hydrogen) atoms. The molecule has 134 valence electrons. The van der Waals surface area contributed by atoms with Gasteiger partial charge in [0.2, 0.25) is 15.9 Å². The molecule has 1 aliphatic carbocycles. The SMILES string of the molecule is CS(=O)(=O)N1CCCN(CC(=O)NC2CCCCCCC2)CC1. The van der Waals surface area contributed by atoms with Gasteiger partial charge >= 0.3 is 0 Å². The Bertz CT molecular complexity index is 473. The third-order valence-corrected chi connectivity index (χ3v) is 6.16. The van der Waals surface area contributed by atoms with Crippen molar-refractivity contribution in [2.75, 3.05) is 39.0 Å². The molecule has 1 heterocycles. The van der Waals surface area contributed by atoms with E-state index in [1.54, 1.807) is 0 Å². The van der Waals surface area contributed by atoms with Gasteiger partial charge in [-0.15, -0.1) is 0 Å². The highest BCUT2D eigenvalue weighted by Crippen LogP contribution is 2.17. The summed E-state index contributed by atoms with van der Waals surface area (Å²) in [6.07, 6.45) is 10.5. The van der Waals surface area contributed by atoms with Gasteiger partial charge in [-0.3, -0.25) is 9.69 Å². The second-order valence-corrected chi connectivity index (χ2v) is 8.88. The van der Waals surface area contributed by atoms with Crippen LogP contribution in [0.5, 0.6) is 0 Å². The Morgan fingerprint density at radius 1 is 0.957 bits per heavy atom. The summed E-state index contributed by atoms with van der Waals surface area (Å²) < 4.78 is 24.8. The lowest BCUT2D eigenvalue weighted by Crippen LogP contribution is -2.43. The highest BCUT2D eigenvalue weighted by atomic mass is 32.2. The first kappa shape index (κ1) is 18.7. The van der Waals surface area contributed by atoms with Gasteiger partial charge in [0.25, 0.3) is 0 Å². The summed E-state index contributed by atoms with van der Waals surface area (Å²) in [4.78, 5) is 14.4. The van der Waals surface area contributed by atoms with E-state index in [0.717, 1.165) is 25.8 Å². The molecule has 0 aromatic heterocycles. The van der Waals surface area contributed by atoms with Crippen molar-refractivity contribution in [2.24, 2.45) is 0 Å². The molecular weight excluding hydrogens is 314 g/mol. The Morgan fingerprint density at radius 3 is 2.26 bits per heavy atom. The van der Waals surface area contributed by atoms with Crippen LogP contribution in [0.15, 0.2) is 0 Å². The van der Waals surface area contributed by atoms with E-state index in [0.29, 0.717) is 32.2 Å². The van der Waals surface area contributed by atoms with Crippen molar-refractivity contribution >= 4 is 15.9 Å². The normalized spacial score (nSPS) is 23.7. The fourth-order valence-corrected chi connectivity index (χ4v) is 4.39. The van der Waals surface area contributed by atoms with Crippen LogP contribution in [-0.2, 0) is 14.8 Å². The fourth-order valence-electron chi connectivity index (χ4n) is 3.51. The first-order valence-corrected chi connectivity index (χ1v) is 10.8. The molecule has 1 saturated heterocycles. The summed E-state index contributed by atoms with van der Waals surface area (Å²) in [5.74, 6) is 0.0865. The van der Waals surface area contributed by atoms with Crippen molar-refractivity contribution in [3.05, 3.63) is 0 Å². The number of hydrogen-bond acceptors (Lipinski definition) is 4. The van der Waals surface area contributed by atoms with Crippen molar-refractivity contribution in [1.29, 1.82) is 0 Å². The lowest BCUT2D eigenvalue weighted by Gasteiger charge is -2.24. The molecule has 0 radical (unpaired) electrons. The Kier molecular flexibility index (Phi) is 7.30. The van der Waals surface area contributed by atoms with Crippen molar-refractivity contribution in [3.8, 4) is 0 Å². The van der Waals surface area contributed by atoms with Crippen LogP contribution in [0.25, 0.3) is 0 Å². The summed E-state index contributed by atoms with van der Waals surface area (Å²) in [7, 11) is -3.13. The molecule has 0 atom stereocenters. The Balaban J connectivity index is 1.76. The topological polar surface area (TPSA) is 69.7 Å². The quantitative estimate of drug-likeness (QED) is 0.831. The van der Waals surface area contributed by atoms with E-state index in [2.05, 4.69) is 10.2 Å². The standard InChI is InChI=1S/C16H31N3O3S/c1-23(21,22)19-11-7-10-18(12-13-19)14-16(20)17-15-8-5-3-2-4-6-9-15/h15H,2-14H2,1H3,(H,17,20). The van der Waals surface area contributed by atoms with Crippen LogP contribution in [0.4, 0.5) is 0 Å². The minimum Gasteiger partial charge on any atom is -0.352 e. The van der Waals surface area contributed by atoms with Crippen molar-refractivity contribution in [2.45, 2.75) is 57.4 Å². The molecule has 6 nitrogen and oxygen atoms in total. The van der Waals surface area contributed by atoms with Gasteiger partial charge in [-0.05, 0) is 25.8 Å². The van der Waals surface area contributed by atoms with Crippen LogP contribution in [0.3, 0.4) is 0 Å². The lowest BCUT2D eigenvalue weighted by molar-refractivity contribution is -0.123. The van der Waals surface area contributed by atoms with Gasteiger partial charge in [0.15, 0.2) is 0 Å². The van der Waals surface area contributed by atoms with Gasteiger partial charge in [-0.1, -0.05) is 32.1 Å². The van der Waals surface area contributed by atoms with E-state index >= 15 is 0 Å². The van der Waals surface area contributed by atoms with E-state index < -0.39 is 10.0 Å². The molecule has 0 spiro atoms. The molecule has 0 bridgehead atoms. The van der Waals surface area contributed by atoms with E-state index in [9.17, 15) is 13.2 Å². The lowest BCUT2D eigenvalue weighted by atomic mass is 9.97. The van der Waals surface area contributed by atoms with Gasteiger partial charge in [-0.2, -0.15) is 0 Å². The second-order valence-electron chi connectivity index (χ2n) is 6.90. The third-order valence-electron chi connectivity index (χ3n) is 4.85. The molecule has 1 N–H and O–H groups in total. The zero-order valence-electron chi connectivity index (χ0n) is 14.3. The maximum absolute atomic E-state index is 12.3. The summed E-state index contributed by atoms with van der Waals surface area (Å²) in [5.41, 5.74) is 0. The predicted molar refractivity (Wildman–Crippen MR) is 91.7 cm³/mol. The monoisotopic (exact) mass is 345 g/mol. The van der Waals surface area contributed by atoms with Crippen molar-refractivity contribution < 1.29 is 13.2 Å². The Labute approximate surface area is 140 Å². The van der Waals surface area contributed by atoms with E-state index in [4.69, 9.17) is 0 Å². The molecule has 1 aliphatic heterocycles. The van der Waals surface area contributed by atoms with Crippen molar-refractivity contribution in [1.82, 2.24) is 14.5 Å². The summed E-state index contributed by atoms with van der Waals surface area (Å²) in [6.45, 7) is 2.83. The van der Waals surface area contributed by atoms with Gasteiger partial charge in [0.05, 0.1) is 12.8 Å². The number of nitrogens with zero attached hydrogens (tertiary/aromatic N) is 2. The van der Waals surface area contributed by atoms with Crippen LogP contribution < -0.4 is 5.32 Å². The average molecular weight is 346 g/mol. The number of amides is 1. The first-order chi connectivity index (χ1) is 10.9. The molecular formula is C16H31N3O3S. The number of carbonyl (C=O) groups is 1. The van der Waals surface area contributed by atoms with Crippen molar-refractivity contribution in [3.63, 3.8) is 0 Å². The number of nitrogens with one attached hydrogen (secondary N) is 1. The molecule has 7 heteroatoms. The molecule has 0 aromatic carbocycles. The number of rotatable bonds is 4. The second kappa shape index (κ2) is 8.99. The van der Waals surface area contributed by atoms with Gasteiger partial charge in [0.1, 0.15) is 0 Å². The average Bonchev–Trinajstić information content (AvgIpc) is 2.67. The Hall–Kier alpha value is -0.660. The largest absolute Gasteiger partial charge is 0.352 e. The summed E-state index contributed by atoms with van der Waals surface area (Å²) in [6, 6.07) is 0.322. The van der Waals surface area contributed by atoms with E-state index in [1.165, 1.54) is 42.7 Å². The maximum atomic E-state index is 12.3. The predicted octanol–water partition coefficient (Wildman–Crippen LogP) is 1.18. The number of carbonyl (C=O) groups excluding carboxylic acids is 1. The minimum absolute atomic E-state index is 0.0865. The molecule has 2 aliphatic rings. The number of sulfonamides is 1. The minimum atomic E-state index is -3.13. The van der Waals surface area contributed by atoms with Crippen LogP contribution in [-0.4, -0.2) is 68.6 Å². The molecule has 1 saturated carbocycles. The third kappa shape index (κ3) is 6.77. The summed E-state index contributed by atoms with van der Waals surface area (Å²) in [5, 5.41) is 3.18. The van der Waals surface area contributed by atoms with Gasteiger partial charge in [-0.25, -0.2) is 12.7 Å². The van der Waals surface area contributed by atoms with Crippen LogP contribution >= 0.6 is 0 Å². The highest BCUT2D eigenvalue weighted by Gasteiger charge is 2.23. The zero-order valence-corrected chi connectivity index (χ0v) is 15.1. The number of hydrogen-bond donors (Lipinski definition) is 1. The smallest absolute Gasteiger partial charge is 0.234 e. The molecule has 1 amide bonds. The van der Waals surface area contributed by atoms with Gasteiger partial charge in [0, 0.05) is 25.7 Å². The fraction of sp³-hybridized carbons (Fsp3) is 0.938.